The molecular formula is C20H18F3N5O2. The van der Waals surface area contributed by atoms with Gasteiger partial charge >= 0.3 is 6.18 Å². The molecule has 30 heavy (non-hydrogen) atoms. The van der Waals surface area contributed by atoms with Gasteiger partial charge in [-0.05, 0) is 30.5 Å². The maximum absolute atomic E-state index is 12.5. The maximum atomic E-state index is 12.5. The Hall–Kier alpha value is -3.43. The molecule has 156 valence electrons. The van der Waals surface area contributed by atoms with Crippen molar-refractivity contribution in [1.82, 2.24) is 25.1 Å². The Labute approximate surface area is 169 Å². The largest absolute Gasteiger partial charge is 0.468 e. The fourth-order valence-electron chi connectivity index (χ4n) is 2.80. The van der Waals surface area contributed by atoms with E-state index in [-0.39, 0.29) is 18.2 Å². The number of alkyl halides is 3. The zero-order valence-corrected chi connectivity index (χ0v) is 15.8. The fraction of sp³-hybridized carbons (Fsp3) is 0.300. The Kier molecular flexibility index (Phi) is 5.39. The van der Waals surface area contributed by atoms with Crippen molar-refractivity contribution < 1.29 is 22.7 Å². The van der Waals surface area contributed by atoms with E-state index in [2.05, 4.69) is 25.1 Å². The highest BCUT2D eigenvalue weighted by Crippen LogP contribution is 2.39. The van der Waals surface area contributed by atoms with Crippen molar-refractivity contribution in [3.8, 4) is 11.6 Å². The molecule has 4 rings (SSSR count). The zero-order chi connectivity index (χ0) is 21.1. The Morgan fingerprint density at radius 2 is 1.93 bits per heavy atom. The number of hydrogen-bond donors (Lipinski definition) is 1. The van der Waals surface area contributed by atoms with E-state index in [0.29, 0.717) is 11.5 Å². The molecule has 3 aromatic rings. The van der Waals surface area contributed by atoms with Crippen LogP contribution in [-0.4, -0.2) is 38.4 Å². The van der Waals surface area contributed by atoms with Gasteiger partial charge in [-0.25, -0.2) is 14.6 Å². The van der Waals surface area contributed by atoms with E-state index < -0.39 is 18.7 Å². The van der Waals surface area contributed by atoms with Gasteiger partial charge in [0.1, 0.15) is 5.82 Å². The Bertz CT molecular complexity index is 1020. The van der Waals surface area contributed by atoms with Crippen LogP contribution in [0.5, 0.6) is 5.88 Å². The molecule has 2 aromatic heterocycles. The van der Waals surface area contributed by atoms with Crippen LogP contribution in [0.4, 0.5) is 13.2 Å². The number of carbonyl (C=O) groups is 1. The third-order valence-corrected chi connectivity index (χ3v) is 4.41. The average molecular weight is 417 g/mol. The van der Waals surface area contributed by atoms with Crippen molar-refractivity contribution >= 4 is 5.91 Å². The van der Waals surface area contributed by atoms with Crippen LogP contribution in [0.15, 0.2) is 48.7 Å². The summed E-state index contributed by atoms with van der Waals surface area (Å²) in [6.07, 6.45) is -1.05. The number of amides is 1. The number of halogens is 3. The van der Waals surface area contributed by atoms with Crippen molar-refractivity contribution in [2.75, 3.05) is 6.61 Å². The van der Waals surface area contributed by atoms with Gasteiger partial charge in [0.15, 0.2) is 6.61 Å². The smallest absolute Gasteiger partial charge is 0.422 e. The lowest BCUT2D eigenvalue weighted by atomic mass is 10.3. The Morgan fingerprint density at radius 1 is 1.17 bits per heavy atom. The first-order valence-electron chi connectivity index (χ1n) is 9.34. The average Bonchev–Trinajstić information content (AvgIpc) is 3.49. The number of pyridine rings is 1. The first kappa shape index (κ1) is 19.9. The van der Waals surface area contributed by atoms with Gasteiger partial charge in [0.25, 0.3) is 5.91 Å². The zero-order valence-electron chi connectivity index (χ0n) is 15.8. The normalized spacial score (nSPS) is 13.8. The van der Waals surface area contributed by atoms with Crippen molar-refractivity contribution in [2.24, 2.45) is 0 Å². The molecule has 0 unspecified atom stereocenters. The topological polar surface area (TPSA) is 81.9 Å². The number of ether oxygens (including phenoxy) is 1. The van der Waals surface area contributed by atoms with Gasteiger partial charge in [-0.1, -0.05) is 24.3 Å². The first-order chi connectivity index (χ1) is 14.4. The van der Waals surface area contributed by atoms with E-state index in [4.69, 9.17) is 0 Å². The van der Waals surface area contributed by atoms with E-state index in [0.717, 1.165) is 24.4 Å². The minimum atomic E-state index is -4.43. The van der Waals surface area contributed by atoms with Crippen molar-refractivity contribution in [2.45, 2.75) is 31.5 Å². The van der Waals surface area contributed by atoms with Gasteiger partial charge in [-0.3, -0.25) is 4.79 Å². The van der Waals surface area contributed by atoms with Crippen molar-refractivity contribution in [1.29, 1.82) is 0 Å². The van der Waals surface area contributed by atoms with Crippen molar-refractivity contribution in [3.63, 3.8) is 0 Å². The number of rotatable bonds is 7. The van der Waals surface area contributed by atoms with Crippen LogP contribution in [0.1, 0.15) is 40.8 Å². The summed E-state index contributed by atoms with van der Waals surface area (Å²) in [5, 5.41) is 7.07. The van der Waals surface area contributed by atoms with Crippen LogP contribution in [-0.2, 0) is 6.54 Å². The highest BCUT2D eigenvalue weighted by Gasteiger charge is 2.31. The molecule has 1 amide bonds. The number of para-hydroxylation sites is 1. The molecule has 0 radical (unpaired) electrons. The molecule has 1 aromatic carbocycles. The van der Waals surface area contributed by atoms with Gasteiger partial charge in [0.2, 0.25) is 11.7 Å². The van der Waals surface area contributed by atoms with Gasteiger partial charge < -0.3 is 10.1 Å². The standard InChI is InChI=1S/C20H18F3N5O2/c21-20(22,23)12-30-16-9-6-13(10-24-16)11-25-19(29)17-26-18(14-7-8-14)28(27-17)15-4-2-1-3-5-15/h1-6,9-10,14H,7-8,11-12H2,(H,25,29). The Morgan fingerprint density at radius 3 is 2.57 bits per heavy atom. The number of nitrogens with one attached hydrogen (secondary N) is 1. The molecule has 0 aliphatic heterocycles. The van der Waals surface area contributed by atoms with E-state index >= 15 is 0 Å². The predicted molar refractivity (Wildman–Crippen MR) is 100 cm³/mol. The molecule has 0 bridgehead atoms. The lowest BCUT2D eigenvalue weighted by Crippen LogP contribution is -2.24. The lowest BCUT2D eigenvalue weighted by molar-refractivity contribution is -0.154. The quantitative estimate of drug-likeness (QED) is 0.637. The molecule has 10 heteroatoms. The highest BCUT2D eigenvalue weighted by atomic mass is 19.4. The first-order valence-corrected chi connectivity index (χ1v) is 9.34. The summed E-state index contributed by atoms with van der Waals surface area (Å²) in [7, 11) is 0. The van der Waals surface area contributed by atoms with Crippen LogP contribution in [0, 0.1) is 0 Å². The number of nitrogens with zero attached hydrogens (tertiary/aromatic N) is 4. The van der Waals surface area contributed by atoms with Gasteiger partial charge in [-0.2, -0.15) is 13.2 Å². The molecule has 1 saturated carbocycles. The van der Waals surface area contributed by atoms with Crippen LogP contribution >= 0.6 is 0 Å². The summed E-state index contributed by atoms with van der Waals surface area (Å²) < 4.78 is 42.8. The van der Waals surface area contributed by atoms with E-state index in [1.165, 1.54) is 18.3 Å². The SMILES string of the molecule is O=C(NCc1ccc(OCC(F)(F)F)nc1)c1nc(C2CC2)n(-c2ccccc2)n1. The minimum absolute atomic E-state index is 0.0684. The number of benzene rings is 1. The molecule has 1 aliphatic rings. The highest BCUT2D eigenvalue weighted by molar-refractivity contribution is 5.90. The summed E-state index contributed by atoms with van der Waals surface area (Å²) in [6, 6.07) is 12.3. The minimum Gasteiger partial charge on any atom is -0.468 e. The Balaban J connectivity index is 1.40. The van der Waals surface area contributed by atoms with Gasteiger partial charge in [0.05, 0.1) is 5.69 Å². The van der Waals surface area contributed by atoms with Crippen LogP contribution in [0.2, 0.25) is 0 Å². The van der Waals surface area contributed by atoms with Gasteiger partial charge in [0, 0.05) is 24.7 Å². The monoisotopic (exact) mass is 417 g/mol. The third-order valence-electron chi connectivity index (χ3n) is 4.41. The maximum Gasteiger partial charge on any atom is 0.422 e. The van der Waals surface area contributed by atoms with Crippen molar-refractivity contribution in [3.05, 3.63) is 65.9 Å². The van der Waals surface area contributed by atoms with Gasteiger partial charge in [-0.15, -0.1) is 5.10 Å². The summed E-state index contributed by atoms with van der Waals surface area (Å²) in [4.78, 5) is 20.8. The molecule has 2 heterocycles. The second kappa shape index (κ2) is 8.13. The second-order valence-corrected chi connectivity index (χ2v) is 6.91. The number of aromatic nitrogens is 4. The summed E-state index contributed by atoms with van der Waals surface area (Å²) in [5.41, 5.74) is 1.44. The number of carbonyl (C=O) groups excluding carboxylic acids is 1. The van der Waals surface area contributed by atoms with E-state index in [1.807, 2.05) is 30.3 Å². The van der Waals surface area contributed by atoms with E-state index in [1.54, 1.807) is 4.68 Å². The van der Waals surface area contributed by atoms with Crippen LogP contribution in [0.3, 0.4) is 0 Å². The molecule has 0 saturated heterocycles. The summed E-state index contributed by atoms with van der Waals surface area (Å²) >= 11 is 0. The molecule has 7 nitrogen and oxygen atoms in total. The van der Waals surface area contributed by atoms with Crippen LogP contribution in [0.25, 0.3) is 5.69 Å². The predicted octanol–water partition coefficient (Wildman–Crippen LogP) is 3.41. The fourth-order valence-corrected chi connectivity index (χ4v) is 2.80. The molecule has 0 atom stereocenters. The second-order valence-electron chi connectivity index (χ2n) is 6.91. The van der Waals surface area contributed by atoms with E-state index in [9.17, 15) is 18.0 Å². The molecule has 1 N–H and O–H groups in total. The summed E-state index contributed by atoms with van der Waals surface area (Å²) in [5.74, 6) is 0.550. The molecule has 1 aliphatic carbocycles. The third kappa shape index (κ3) is 4.94. The lowest BCUT2D eigenvalue weighted by Gasteiger charge is -2.08. The van der Waals surface area contributed by atoms with Crippen LogP contribution < -0.4 is 10.1 Å². The summed E-state index contributed by atoms with van der Waals surface area (Å²) in [6.45, 7) is -1.28. The molecule has 1 fully saturated rings. The molecular weight excluding hydrogens is 399 g/mol. The number of hydrogen-bond acceptors (Lipinski definition) is 5. The molecule has 0 spiro atoms.